The van der Waals surface area contributed by atoms with Gasteiger partial charge in [-0.1, -0.05) is 0 Å². The highest BCUT2D eigenvalue weighted by molar-refractivity contribution is 6.38. The van der Waals surface area contributed by atoms with Crippen LogP contribution in [0.4, 0.5) is 0 Å². The molecule has 0 bridgehead atoms. The summed E-state index contributed by atoms with van der Waals surface area (Å²) in [5.41, 5.74) is 0. The molecule has 0 unspecified atom stereocenters. The number of ether oxygens (including phenoxy) is 1. The first-order valence-corrected chi connectivity index (χ1v) is 3.99. The molecule has 2 rings (SSSR count). The van der Waals surface area contributed by atoms with Gasteiger partial charge in [-0.25, -0.2) is 9.69 Å². The lowest BCUT2D eigenvalue weighted by Crippen LogP contribution is -2.31. The predicted molar refractivity (Wildman–Crippen MR) is 39.9 cm³/mol. The highest BCUT2D eigenvalue weighted by atomic mass is 16.6. The van der Waals surface area contributed by atoms with Gasteiger partial charge in [-0.05, 0) is 18.9 Å². The highest BCUT2D eigenvalue weighted by Gasteiger charge is 2.41. The molecule has 68 valence electrons. The number of rotatable bonds is 0. The second kappa shape index (κ2) is 2.69. The van der Waals surface area contributed by atoms with Crippen molar-refractivity contribution >= 4 is 17.8 Å². The van der Waals surface area contributed by atoms with Crippen LogP contribution in [0.25, 0.3) is 0 Å². The molecule has 2 aliphatic heterocycles. The normalized spacial score (nSPS) is 22.3. The van der Waals surface area contributed by atoms with Crippen LogP contribution < -0.4 is 0 Å². The molecule has 2 heterocycles. The number of allylic oxidation sites excluding steroid dienone is 1. The zero-order valence-corrected chi connectivity index (χ0v) is 6.78. The lowest BCUT2D eigenvalue weighted by molar-refractivity contribution is -0.150. The third-order valence-corrected chi connectivity index (χ3v) is 1.96. The zero-order valence-electron chi connectivity index (χ0n) is 6.78. The van der Waals surface area contributed by atoms with Crippen LogP contribution in [0.15, 0.2) is 12.0 Å². The highest BCUT2D eigenvalue weighted by Crippen LogP contribution is 2.22. The molecular formula is C8H7NO4. The van der Waals surface area contributed by atoms with Crippen LogP contribution in [0.2, 0.25) is 0 Å². The van der Waals surface area contributed by atoms with Crippen LogP contribution in [0.1, 0.15) is 19.3 Å². The molecule has 1 saturated heterocycles. The van der Waals surface area contributed by atoms with E-state index in [4.69, 9.17) is 0 Å². The van der Waals surface area contributed by atoms with Gasteiger partial charge in [0.15, 0.2) is 0 Å². The summed E-state index contributed by atoms with van der Waals surface area (Å²) in [4.78, 5) is 34.0. The molecule has 0 saturated carbocycles. The number of hydrogen-bond donors (Lipinski definition) is 0. The maximum Gasteiger partial charge on any atom is 0.404 e. The quantitative estimate of drug-likeness (QED) is 0.298. The van der Waals surface area contributed by atoms with Gasteiger partial charge < -0.3 is 4.74 Å². The lowest BCUT2D eigenvalue weighted by atomic mass is 10.2. The molecule has 0 aromatic rings. The molecular weight excluding hydrogens is 174 g/mol. The summed E-state index contributed by atoms with van der Waals surface area (Å²) in [5.74, 6) is -2.13. The minimum Gasteiger partial charge on any atom is -0.402 e. The van der Waals surface area contributed by atoms with Crippen molar-refractivity contribution in [2.24, 2.45) is 0 Å². The Morgan fingerprint density at radius 2 is 2.08 bits per heavy atom. The zero-order chi connectivity index (χ0) is 9.42. The number of imide groups is 1. The molecule has 13 heavy (non-hydrogen) atoms. The van der Waals surface area contributed by atoms with E-state index in [-0.39, 0.29) is 18.2 Å². The van der Waals surface area contributed by atoms with Gasteiger partial charge in [0, 0.05) is 6.42 Å². The fourth-order valence-electron chi connectivity index (χ4n) is 1.34. The van der Waals surface area contributed by atoms with Crippen molar-refractivity contribution in [2.45, 2.75) is 19.3 Å². The van der Waals surface area contributed by atoms with Crippen molar-refractivity contribution < 1.29 is 19.1 Å². The van der Waals surface area contributed by atoms with E-state index >= 15 is 0 Å². The van der Waals surface area contributed by atoms with Gasteiger partial charge in [0.1, 0.15) is 0 Å². The molecule has 0 aliphatic carbocycles. The van der Waals surface area contributed by atoms with E-state index in [1.54, 1.807) is 6.08 Å². The van der Waals surface area contributed by atoms with Crippen LogP contribution >= 0.6 is 0 Å². The Morgan fingerprint density at radius 3 is 2.85 bits per heavy atom. The first kappa shape index (κ1) is 7.97. The molecule has 0 radical (unpaired) electrons. The number of nitrogens with zero attached hydrogens (tertiary/aromatic N) is 1. The third-order valence-electron chi connectivity index (χ3n) is 1.96. The average molecular weight is 181 g/mol. The second-order valence-electron chi connectivity index (χ2n) is 2.86. The Morgan fingerprint density at radius 1 is 1.31 bits per heavy atom. The van der Waals surface area contributed by atoms with Crippen LogP contribution in [0.5, 0.6) is 0 Å². The smallest absolute Gasteiger partial charge is 0.402 e. The van der Waals surface area contributed by atoms with Crippen LogP contribution in [0, 0.1) is 0 Å². The SMILES string of the molecule is O=C1OC2=CCCCC(=O)N2C1=O. The summed E-state index contributed by atoms with van der Waals surface area (Å²) < 4.78 is 4.61. The topological polar surface area (TPSA) is 63.7 Å². The maximum absolute atomic E-state index is 11.3. The van der Waals surface area contributed by atoms with Crippen molar-refractivity contribution in [3.8, 4) is 0 Å². The van der Waals surface area contributed by atoms with E-state index in [0.29, 0.717) is 12.8 Å². The molecule has 2 amide bonds. The van der Waals surface area contributed by atoms with E-state index in [1.165, 1.54) is 0 Å². The molecule has 5 heteroatoms. The van der Waals surface area contributed by atoms with Gasteiger partial charge in [-0.3, -0.25) is 9.59 Å². The average Bonchev–Trinajstić information content (AvgIpc) is 2.29. The number of amides is 2. The number of hydrogen-bond acceptors (Lipinski definition) is 4. The van der Waals surface area contributed by atoms with Gasteiger partial charge >= 0.3 is 11.9 Å². The first-order chi connectivity index (χ1) is 6.20. The fourth-order valence-corrected chi connectivity index (χ4v) is 1.34. The molecule has 0 N–H and O–H groups in total. The fraction of sp³-hybridized carbons (Fsp3) is 0.375. The van der Waals surface area contributed by atoms with Crippen LogP contribution in [0.3, 0.4) is 0 Å². The van der Waals surface area contributed by atoms with E-state index in [2.05, 4.69) is 4.74 Å². The second-order valence-corrected chi connectivity index (χ2v) is 2.86. The molecule has 5 nitrogen and oxygen atoms in total. The molecule has 0 aromatic carbocycles. The van der Waals surface area contributed by atoms with Gasteiger partial charge in [0.25, 0.3) is 0 Å². The maximum atomic E-state index is 11.3. The van der Waals surface area contributed by atoms with Crippen LogP contribution in [-0.4, -0.2) is 22.7 Å². The number of carbonyl (C=O) groups is 3. The Kier molecular flexibility index (Phi) is 1.65. The number of fused-ring (bicyclic) bond motifs is 1. The van der Waals surface area contributed by atoms with Crippen LogP contribution in [-0.2, 0) is 19.1 Å². The van der Waals surface area contributed by atoms with Gasteiger partial charge in [-0.2, -0.15) is 0 Å². The van der Waals surface area contributed by atoms with Crippen molar-refractivity contribution in [3.05, 3.63) is 12.0 Å². The third kappa shape index (κ3) is 1.12. The Balaban J connectivity index is 2.39. The molecule has 1 fully saturated rings. The van der Waals surface area contributed by atoms with Crippen molar-refractivity contribution in [1.82, 2.24) is 4.90 Å². The van der Waals surface area contributed by atoms with E-state index < -0.39 is 11.9 Å². The Hall–Kier alpha value is -1.65. The number of carbonyl (C=O) groups excluding carboxylic acids is 3. The molecule has 0 aromatic heterocycles. The summed E-state index contributed by atoms with van der Waals surface area (Å²) in [6, 6.07) is 0. The molecule has 2 aliphatic rings. The molecule has 0 atom stereocenters. The van der Waals surface area contributed by atoms with Crippen molar-refractivity contribution in [1.29, 1.82) is 0 Å². The van der Waals surface area contributed by atoms with E-state index in [0.717, 1.165) is 4.90 Å². The van der Waals surface area contributed by atoms with E-state index in [1.807, 2.05) is 0 Å². The molecule has 0 spiro atoms. The van der Waals surface area contributed by atoms with Gasteiger partial charge in [0.2, 0.25) is 11.8 Å². The van der Waals surface area contributed by atoms with Gasteiger partial charge in [-0.15, -0.1) is 0 Å². The summed E-state index contributed by atoms with van der Waals surface area (Å²) in [6.45, 7) is 0. The summed E-state index contributed by atoms with van der Waals surface area (Å²) >= 11 is 0. The minimum atomic E-state index is -0.971. The first-order valence-electron chi connectivity index (χ1n) is 3.99. The summed E-state index contributed by atoms with van der Waals surface area (Å²) in [6.07, 6.45) is 3.21. The standard InChI is InChI=1S/C8H7NO4/c10-5-3-1-2-4-6-9(5)7(11)8(12)13-6/h4H,1-3H2. The summed E-state index contributed by atoms with van der Waals surface area (Å²) in [5, 5.41) is 0. The van der Waals surface area contributed by atoms with Crippen molar-refractivity contribution in [3.63, 3.8) is 0 Å². The van der Waals surface area contributed by atoms with Gasteiger partial charge in [0.05, 0.1) is 0 Å². The Bertz CT molecular complexity index is 331. The lowest BCUT2D eigenvalue weighted by Gasteiger charge is -2.08. The minimum absolute atomic E-state index is 0.0810. The van der Waals surface area contributed by atoms with Crippen molar-refractivity contribution in [2.75, 3.05) is 0 Å². The monoisotopic (exact) mass is 181 g/mol. The largest absolute Gasteiger partial charge is 0.404 e. The van der Waals surface area contributed by atoms with E-state index in [9.17, 15) is 14.4 Å². The number of esters is 1. The summed E-state index contributed by atoms with van der Waals surface area (Å²) in [7, 11) is 0. The predicted octanol–water partition coefficient (Wildman–Crippen LogP) is -0.0763. The Labute approximate surface area is 74.0 Å².